The van der Waals surface area contributed by atoms with Gasteiger partial charge in [0.1, 0.15) is 0 Å². The molecule has 1 aromatic carbocycles. The SMILES string of the molecule is Cn1cc(C(F)(F)CC2CCCN2)c2ccccc21. The minimum Gasteiger partial charge on any atom is -0.350 e. The fourth-order valence-corrected chi connectivity index (χ4v) is 2.98. The summed E-state index contributed by atoms with van der Waals surface area (Å²) in [5.74, 6) is -2.77. The summed E-state index contributed by atoms with van der Waals surface area (Å²) in [6.07, 6.45) is 3.30. The van der Waals surface area contributed by atoms with Gasteiger partial charge in [0.2, 0.25) is 0 Å². The molecule has 19 heavy (non-hydrogen) atoms. The molecule has 0 bridgehead atoms. The minimum atomic E-state index is -2.77. The lowest BCUT2D eigenvalue weighted by Crippen LogP contribution is -2.29. The Hall–Kier alpha value is -1.42. The van der Waals surface area contributed by atoms with E-state index in [0.717, 1.165) is 24.9 Å². The van der Waals surface area contributed by atoms with Crippen molar-refractivity contribution >= 4 is 10.9 Å². The summed E-state index contributed by atoms with van der Waals surface area (Å²) in [5.41, 5.74) is 1.01. The van der Waals surface area contributed by atoms with Crippen molar-refractivity contribution in [3.8, 4) is 0 Å². The van der Waals surface area contributed by atoms with E-state index in [1.807, 2.05) is 25.2 Å². The Morgan fingerprint density at radius 3 is 2.89 bits per heavy atom. The van der Waals surface area contributed by atoms with Crippen molar-refractivity contribution in [3.63, 3.8) is 0 Å². The highest BCUT2D eigenvalue weighted by atomic mass is 19.3. The topological polar surface area (TPSA) is 17.0 Å². The van der Waals surface area contributed by atoms with Gasteiger partial charge in [-0.3, -0.25) is 0 Å². The molecule has 1 saturated heterocycles. The molecule has 0 saturated carbocycles. The van der Waals surface area contributed by atoms with Gasteiger partial charge in [0.15, 0.2) is 0 Å². The number of halogens is 2. The van der Waals surface area contributed by atoms with Crippen molar-refractivity contribution < 1.29 is 8.78 Å². The first kappa shape index (κ1) is 12.6. The molecule has 1 aromatic heterocycles. The lowest BCUT2D eigenvalue weighted by atomic mass is 9.99. The Kier molecular flexibility index (Phi) is 3.05. The van der Waals surface area contributed by atoms with Crippen molar-refractivity contribution in [3.05, 3.63) is 36.0 Å². The fraction of sp³-hybridized carbons (Fsp3) is 0.467. The molecule has 102 valence electrons. The van der Waals surface area contributed by atoms with Crippen molar-refractivity contribution in [1.29, 1.82) is 0 Å². The van der Waals surface area contributed by atoms with E-state index in [1.54, 1.807) is 16.8 Å². The van der Waals surface area contributed by atoms with E-state index in [9.17, 15) is 8.78 Å². The average Bonchev–Trinajstić information content (AvgIpc) is 2.98. The number of alkyl halides is 2. The van der Waals surface area contributed by atoms with Gasteiger partial charge in [-0.05, 0) is 25.5 Å². The van der Waals surface area contributed by atoms with E-state index in [-0.39, 0.29) is 18.0 Å². The zero-order valence-corrected chi connectivity index (χ0v) is 11.0. The summed E-state index contributed by atoms with van der Waals surface area (Å²) in [7, 11) is 1.82. The summed E-state index contributed by atoms with van der Waals surface area (Å²) < 4.78 is 30.8. The van der Waals surface area contributed by atoms with Crippen molar-refractivity contribution in [1.82, 2.24) is 9.88 Å². The van der Waals surface area contributed by atoms with Gasteiger partial charge < -0.3 is 9.88 Å². The van der Waals surface area contributed by atoms with E-state index in [1.165, 1.54) is 0 Å². The summed E-state index contributed by atoms with van der Waals surface area (Å²) in [6, 6.07) is 7.29. The number of para-hydroxylation sites is 1. The molecule has 2 heterocycles. The van der Waals surface area contributed by atoms with Crippen molar-refractivity contribution in [2.24, 2.45) is 7.05 Å². The van der Waals surface area contributed by atoms with Crippen LogP contribution in [0.3, 0.4) is 0 Å². The molecule has 1 N–H and O–H groups in total. The van der Waals surface area contributed by atoms with Gasteiger partial charge >= 0.3 is 0 Å². The van der Waals surface area contributed by atoms with Gasteiger partial charge in [-0.2, -0.15) is 0 Å². The first-order chi connectivity index (χ1) is 9.08. The van der Waals surface area contributed by atoms with Crippen molar-refractivity contribution in [2.45, 2.75) is 31.2 Å². The largest absolute Gasteiger partial charge is 0.350 e. The molecule has 0 radical (unpaired) electrons. The molecule has 0 spiro atoms. The highest BCUT2D eigenvalue weighted by Gasteiger charge is 2.37. The molecular weight excluding hydrogens is 246 g/mol. The lowest BCUT2D eigenvalue weighted by molar-refractivity contribution is -0.0199. The first-order valence-electron chi connectivity index (χ1n) is 6.74. The van der Waals surface area contributed by atoms with Gasteiger partial charge in [-0.25, -0.2) is 8.78 Å². The van der Waals surface area contributed by atoms with Crippen LogP contribution >= 0.6 is 0 Å². The van der Waals surface area contributed by atoms with Crippen LogP contribution in [0.5, 0.6) is 0 Å². The second kappa shape index (κ2) is 4.60. The zero-order valence-electron chi connectivity index (χ0n) is 11.0. The van der Waals surface area contributed by atoms with Crippen LogP contribution in [0.1, 0.15) is 24.8 Å². The number of aryl methyl sites for hydroxylation is 1. The molecular formula is C15H18F2N2. The first-order valence-corrected chi connectivity index (χ1v) is 6.74. The molecule has 2 aromatic rings. The van der Waals surface area contributed by atoms with Crippen LogP contribution in [0.4, 0.5) is 8.78 Å². The summed E-state index contributed by atoms with van der Waals surface area (Å²) >= 11 is 0. The third kappa shape index (κ3) is 2.25. The Morgan fingerprint density at radius 1 is 1.37 bits per heavy atom. The summed E-state index contributed by atoms with van der Waals surface area (Å²) in [5, 5.41) is 3.81. The fourth-order valence-electron chi connectivity index (χ4n) is 2.98. The maximum atomic E-state index is 14.5. The van der Waals surface area contributed by atoms with E-state index in [2.05, 4.69) is 5.32 Å². The van der Waals surface area contributed by atoms with E-state index >= 15 is 0 Å². The predicted molar refractivity (Wildman–Crippen MR) is 72.5 cm³/mol. The molecule has 4 heteroatoms. The van der Waals surface area contributed by atoms with Gasteiger partial charge in [-0.15, -0.1) is 0 Å². The number of hydrogen-bond donors (Lipinski definition) is 1. The van der Waals surface area contributed by atoms with Crippen LogP contribution in [-0.4, -0.2) is 17.2 Å². The van der Waals surface area contributed by atoms with Crippen LogP contribution in [0.15, 0.2) is 30.5 Å². The Bertz CT molecular complexity index is 583. The van der Waals surface area contributed by atoms with Gasteiger partial charge in [0, 0.05) is 42.2 Å². The van der Waals surface area contributed by atoms with Crippen LogP contribution in [0.2, 0.25) is 0 Å². The monoisotopic (exact) mass is 264 g/mol. The summed E-state index contributed by atoms with van der Waals surface area (Å²) in [4.78, 5) is 0. The number of nitrogens with one attached hydrogen (secondary N) is 1. The van der Waals surface area contributed by atoms with Crippen LogP contribution < -0.4 is 5.32 Å². The van der Waals surface area contributed by atoms with Gasteiger partial charge in [-0.1, -0.05) is 18.2 Å². The van der Waals surface area contributed by atoms with Crippen molar-refractivity contribution in [2.75, 3.05) is 6.54 Å². The maximum absolute atomic E-state index is 14.5. The van der Waals surface area contributed by atoms with Crippen LogP contribution in [0.25, 0.3) is 10.9 Å². The number of aromatic nitrogens is 1. The normalized spacial score (nSPS) is 20.3. The van der Waals surface area contributed by atoms with Crippen LogP contribution in [-0.2, 0) is 13.0 Å². The molecule has 1 fully saturated rings. The molecule has 1 aliphatic rings. The number of nitrogens with zero attached hydrogens (tertiary/aromatic N) is 1. The quantitative estimate of drug-likeness (QED) is 0.899. The lowest BCUT2D eigenvalue weighted by Gasteiger charge is -2.20. The highest BCUT2D eigenvalue weighted by molar-refractivity contribution is 5.84. The van der Waals surface area contributed by atoms with Gasteiger partial charge in [0.05, 0.1) is 0 Å². The number of benzene rings is 1. The smallest absolute Gasteiger partial charge is 0.276 e. The highest BCUT2D eigenvalue weighted by Crippen LogP contribution is 2.39. The Morgan fingerprint density at radius 2 is 2.16 bits per heavy atom. The molecule has 0 amide bonds. The molecule has 2 nitrogen and oxygen atoms in total. The molecule has 1 aliphatic heterocycles. The third-order valence-electron chi connectivity index (χ3n) is 3.96. The molecule has 1 atom stereocenters. The Labute approximate surface area is 111 Å². The Balaban J connectivity index is 1.97. The molecule has 3 rings (SSSR count). The minimum absolute atomic E-state index is 0.0611. The van der Waals surface area contributed by atoms with Crippen LogP contribution in [0, 0.1) is 0 Å². The van der Waals surface area contributed by atoms with E-state index in [4.69, 9.17) is 0 Å². The average molecular weight is 264 g/mol. The second-order valence-corrected chi connectivity index (χ2v) is 5.37. The zero-order chi connectivity index (χ0) is 13.5. The number of fused-ring (bicyclic) bond motifs is 1. The van der Waals surface area contributed by atoms with E-state index < -0.39 is 5.92 Å². The number of hydrogen-bond acceptors (Lipinski definition) is 1. The predicted octanol–water partition coefficient (Wildman–Crippen LogP) is 3.41. The summed E-state index contributed by atoms with van der Waals surface area (Å²) in [6.45, 7) is 0.857. The molecule has 0 aliphatic carbocycles. The molecule has 1 unspecified atom stereocenters. The third-order valence-corrected chi connectivity index (χ3v) is 3.96. The van der Waals surface area contributed by atoms with Gasteiger partial charge in [0.25, 0.3) is 5.92 Å². The number of rotatable bonds is 3. The van der Waals surface area contributed by atoms with E-state index in [0.29, 0.717) is 5.39 Å². The maximum Gasteiger partial charge on any atom is 0.276 e. The standard InChI is InChI=1S/C15H18F2N2/c1-19-10-13(12-6-2-3-7-14(12)19)15(16,17)9-11-5-4-8-18-11/h2-3,6-7,10-11,18H,4-5,8-9H2,1H3. The second-order valence-electron chi connectivity index (χ2n) is 5.37.